The largest absolute Gasteiger partial charge is 0.317 e. The van der Waals surface area contributed by atoms with E-state index in [-0.39, 0.29) is 0 Å². The Labute approximate surface area is 99.3 Å². The van der Waals surface area contributed by atoms with Crippen molar-refractivity contribution in [3.8, 4) is 0 Å². The predicted octanol–water partition coefficient (Wildman–Crippen LogP) is 3.50. The maximum atomic E-state index is 3.49. The second-order valence-electron chi connectivity index (χ2n) is 4.78. The minimum Gasteiger partial charge on any atom is -0.317 e. The lowest BCUT2D eigenvalue weighted by Crippen LogP contribution is -2.21. The summed E-state index contributed by atoms with van der Waals surface area (Å²) < 4.78 is 0. The highest BCUT2D eigenvalue weighted by atomic mass is 14.8. The molecule has 0 amide bonds. The van der Waals surface area contributed by atoms with E-state index in [0.29, 0.717) is 0 Å². The van der Waals surface area contributed by atoms with Crippen LogP contribution in [0.5, 0.6) is 0 Å². The molecule has 16 heavy (non-hydrogen) atoms. The lowest BCUT2D eigenvalue weighted by Gasteiger charge is -2.22. The molecule has 1 nitrogen and oxygen atoms in total. The molecular weight excluding hydrogens is 194 g/mol. The van der Waals surface area contributed by atoms with Crippen molar-refractivity contribution in [3.63, 3.8) is 0 Å². The van der Waals surface area contributed by atoms with Crippen LogP contribution in [0.1, 0.15) is 49.7 Å². The van der Waals surface area contributed by atoms with E-state index >= 15 is 0 Å². The summed E-state index contributed by atoms with van der Waals surface area (Å²) in [5.41, 5.74) is 3.17. The van der Waals surface area contributed by atoms with Gasteiger partial charge >= 0.3 is 0 Å². The van der Waals surface area contributed by atoms with Gasteiger partial charge in [-0.3, -0.25) is 0 Å². The first kappa shape index (κ1) is 11.7. The van der Waals surface area contributed by atoms with E-state index < -0.39 is 0 Å². The highest BCUT2D eigenvalue weighted by Crippen LogP contribution is 2.29. The monoisotopic (exact) mass is 217 g/mol. The fourth-order valence-corrected chi connectivity index (χ4v) is 2.78. The Hall–Kier alpha value is -0.820. The van der Waals surface area contributed by atoms with E-state index in [1.807, 2.05) is 0 Å². The molecule has 1 aliphatic rings. The molecule has 0 unspecified atom stereocenters. The number of aryl methyl sites for hydroxylation is 1. The SMILES string of the molecule is CCc1ccccc1C1CCCNCCC1. The van der Waals surface area contributed by atoms with Gasteiger partial charge in [0, 0.05) is 0 Å². The molecule has 0 radical (unpaired) electrons. The molecule has 0 aromatic heterocycles. The molecule has 88 valence electrons. The predicted molar refractivity (Wildman–Crippen MR) is 69.9 cm³/mol. The average molecular weight is 217 g/mol. The van der Waals surface area contributed by atoms with Crippen LogP contribution in [0.4, 0.5) is 0 Å². The summed E-state index contributed by atoms with van der Waals surface area (Å²) in [6.45, 7) is 4.67. The zero-order chi connectivity index (χ0) is 11.2. The summed E-state index contributed by atoms with van der Waals surface area (Å²) in [7, 11) is 0. The normalized spacial score (nSPS) is 19.1. The molecule has 0 spiro atoms. The Balaban J connectivity index is 2.13. The van der Waals surface area contributed by atoms with Crippen molar-refractivity contribution in [2.24, 2.45) is 0 Å². The average Bonchev–Trinajstić information content (AvgIpc) is 2.29. The van der Waals surface area contributed by atoms with Crippen LogP contribution < -0.4 is 5.32 Å². The van der Waals surface area contributed by atoms with E-state index in [4.69, 9.17) is 0 Å². The smallest absolute Gasteiger partial charge is 0.00487 e. The van der Waals surface area contributed by atoms with Crippen molar-refractivity contribution in [2.75, 3.05) is 13.1 Å². The molecule has 1 N–H and O–H groups in total. The van der Waals surface area contributed by atoms with Gasteiger partial charge in [-0.25, -0.2) is 0 Å². The lowest BCUT2D eigenvalue weighted by molar-refractivity contribution is 0.465. The molecule has 1 saturated heterocycles. The van der Waals surface area contributed by atoms with Gasteiger partial charge in [0.15, 0.2) is 0 Å². The Morgan fingerprint density at radius 1 is 1.12 bits per heavy atom. The van der Waals surface area contributed by atoms with Gasteiger partial charge in [0.1, 0.15) is 0 Å². The van der Waals surface area contributed by atoms with Crippen molar-refractivity contribution < 1.29 is 0 Å². The van der Waals surface area contributed by atoms with Crippen molar-refractivity contribution in [2.45, 2.75) is 44.9 Å². The van der Waals surface area contributed by atoms with Crippen LogP contribution in [0.3, 0.4) is 0 Å². The molecule has 0 aliphatic carbocycles. The van der Waals surface area contributed by atoms with Gasteiger partial charge in [-0.1, -0.05) is 31.2 Å². The molecule has 0 saturated carbocycles. The minimum absolute atomic E-state index is 0.804. The topological polar surface area (TPSA) is 12.0 Å². The highest BCUT2D eigenvalue weighted by molar-refractivity contribution is 5.30. The third-order valence-electron chi connectivity index (χ3n) is 3.69. The van der Waals surface area contributed by atoms with Crippen LogP contribution in [0.25, 0.3) is 0 Å². The Bertz CT molecular complexity index is 311. The van der Waals surface area contributed by atoms with Crippen molar-refractivity contribution in [3.05, 3.63) is 35.4 Å². The van der Waals surface area contributed by atoms with Crippen LogP contribution in [0.2, 0.25) is 0 Å². The Morgan fingerprint density at radius 3 is 2.50 bits per heavy atom. The third kappa shape index (κ3) is 2.85. The first-order valence-corrected chi connectivity index (χ1v) is 6.70. The summed E-state index contributed by atoms with van der Waals surface area (Å²) in [5.74, 6) is 0.804. The van der Waals surface area contributed by atoms with Gasteiger partial charge in [-0.15, -0.1) is 0 Å². The molecule has 1 aromatic rings. The summed E-state index contributed by atoms with van der Waals surface area (Å²) in [4.78, 5) is 0. The van der Waals surface area contributed by atoms with E-state index in [1.54, 1.807) is 11.1 Å². The second kappa shape index (κ2) is 6.05. The summed E-state index contributed by atoms with van der Waals surface area (Å²) in [6, 6.07) is 9.02. The Morgan fingerprint density at radius 2 is 1.81 bits per heavy atom. The molecule has 1 aliphatic heterocycles. The zero-order valence-corrected chi connectivity index (χ0v) is 10.3. The molecule has 2 rings (SSSR count). The number of benzene rings is 1. The zero-order valence-electron chi connectivity index (χ0n) is 10.3. The molecule has 1 fully saturated rings. The van der Waals surface area contributed by atoms with Crippen LogP contribution in [-0.4, -0.2) is 13.1 Å². The second-order valence-corrected chi connectivity index (χ2v) is 4.78. The standard InChI is InChI=1S/C15H23N/c1-2-13-7-3-4-10-15(13)14-8-5-11-16-12-6-9-14/h3-4,7,10,14,16H,2,5-6,8-9,11-12H2,1H3. The molecule has 1 heteroatoms. The van der Waals surface area contributed by atoms with Gasteiger partial charge < -0.3 is 5.32 Å². The summed E-state index contributed by atoms with van der Waals surface area (Å²) in [6.07, 6.45) is 6.52. The summed E-state index contributed by atoms with van der Waals surface area (Å²) >= 11 is 0. The fourth-order valence-electron chi connectivity index (χ4n) is 2.78. The van der Waals surface area contributed by atoms with Gasteiger partial charge in [0.05, 0.1) is 0 Å². The molecular formula is C15H23N. The Kier molecular flexibility index (Phi) is 4.41. The maximum absolute atomic E-state index is 3.49. The van der Waals surface area contributed by atoms with E-state index in [0.717, 1.165) is 5.92 Å². The number of hydrogen-bond acceptors (Lipinski definition) is 1. The molecule has 1 heterocycles. The van der Waals surface area contributed by atoms with E-state index in [2.05, 4.69) is 36.5 Å². The summed E-state index contributed by atoms with van der Waals surface area (Å²) in [5, 5.41) is 3.49. The lowest BCUT2D eigenvalue weighted by atomic mass is 9.85. The first-order chi connectivity index (χ1) is 7.92. The van der Waals surface area contributed by atoms with Gasteiger partial charge in [-0.2, -0.15) is 0 Å². The molecule has 1 aromatic carbocycles. The van der Waals surface area contributed by atoms with Gasteiger partial charge in [0.2, 0.25) is 0 Å². The molecule has 0 atom stereocenters. The molecule has 0 bridgehead atoms. The number of nitrogens with one attached hydrogen (secondary N) is 1. The highest BCUT2D eigenvalue weighted by Gasteiger charge is 2.15. The number of hydrogen-bond donors (Lipinski definition) is 1. The van der Waals surface area contributed by atoms with Gasteiger partial charge in [-0.05, 0) is 62.2 Å². The van der Waals surface area contributed by atoms with Crippen molar-refractivity contribution in [1.82, 2.24) is 5.32 Å². The van der Waals surface area contributed by atoms with E-state index in [1.165, 1.54) is 45.2 Å². The quantitative estimate of drug-likeness (QED) is 0.799. The van der Waals surface area contributed by atoms with Crippen LogP contribution in [-0.2, 0) is 6.42 Å². The van der Waals surface area contributed by atoms with Crippen molar-refractivity contribution >= 4 is 0 Å². The third-order valence-corrected chi connectivity index (χ3v) is 3.69. The van der Waals surface area contributed by atoms with E-state index in [9.17, 15) is 0 Å². The first-order valence-electron chi connectivity index (χ1n) is 6.70. The maximum Gasteiger partial charge on any atom is -0.00487 e. The van der Waals surface area contributed by atoms with Crippen LogP contribution >= 0.6 is 0 Å². The number of rotatable bonds is 2. The fraction of sp³-hybridized carbons (Fsp3) is 0.600. The van der Waals surface area contributed by atoms with Gasteiger partial charge in [0.25, 0.3) is 0 Å². The minimum atomic E-state index is 0.804. The van der Waals surface area contributed by atoms with Crippen LogP contribution in [0.15, 0.2) is 24.3 Å². The van der Waals surface area contributed by atoms with Crippen molar-refractivity contribution in [1.29, 1.82) is 0 Å². The van der Waals surface area contributed by atoms with Crippen LogP contribution in [0, 0.1) is 0 Å².